The van der Waals surface area contributed by atoms with Gasteiger partial charge in [-0.05, 0) is 24.3 Å². The van der Waals surface area contributed by atoms with E-state index in [9.17, 15) is 5.11 Å². The van der Waals surface area contributed by atoms with Crippen molar-refractivity contribution in [3.8, 4) is 11.5 Å². The third-order valence-electron chi connectivity index (χ3n) is 3.10. The van der Waals surface area contributed by atoms with Crippen LogP contribution < -0.4 is 9.47 Å². The van der Waals surface area contributed by atoms with Gasteiger partial charge in [0.05, 0.1) is 12.8 Å². The minimum Gasteiger partial charge on any atom is -0.497 e. The maximum Gasteiger partial charge on any atom is 0.131 e. The van der Waals surface area contributed by atoms with Crippen LogP contribution in [0.3, 0.4) is 0 Å². The fourth-order valence-corrected chi connectivity index (χ4v) is 2.13. The summed E-state index contributed by atoms with van der Waals surface area (Å²) >= 11 is 0. The monoisotopic (exact) mass is 243 g/mol. The predicted octanol–water partition coefficient (Wildman–Crippen LogP) is 2.06. The summed E-state index contributed by atoms with van der Waals surface area (Å²) < 4.78 is 10.8. The molecule has 1 unspecified atom stereocenters. The van der Waals surface area contributed by atoms with Crippen LogP contribution >= 0.6 is 0 Å². The van der Waals surface area contributed by atoms with E-state index in [0.717, 1.165) is 11.3 Å². The van der Waals surface area contributed by atoms with Crippen molar-refractivity contribution in [2.75, 3.05) is 7.11 Å². The Kier molecular flexibility index (Phi) is 2.64. The van der Waals surface area contributed by atoms with E-state index in [1.165, 1.54) is 0 Å². The van der Waals surface area contributed by atoms with Crippen LogP contribution in [0.15, 0.2) is 36.5 Å². The summed E-state index contributed by atoms with van der Waals surface area (Å²) in [7, 11) is 1.60. The average molecular weight is 243 g/mol. The van der Waals surface area contributed by atoms with E-state index >= 15 is 0 Å². The van der Waals surface area contributed by atoms with E-state index in [-0.39, 0.29) is 0 Å². The van der Waals surface area contributed by atoms with Crippen molar-refractivity contribution in [3.05, 3.63) is 53.3 Å². The first-order chi connectivity index (χ1) is 8.79. The molecule has 0 saturated carbocycles. The van der Waals surface area contributed by atoms with Crippen LogP contribution in [0, 0.1) is 0 Å². The van der Waals surface area contributed by atoms with Gasteiger partial charge in [0.2, 0.25) is 0 Å². The highest BCUT2D eigenvalue weighted by Crippen LogP contribution is 2.36. The van der Waals surface area contributed by atoms with Crippen LogP contribution in [-0.2, 0) is 6.61 Å². The van der Waals surface area contributed by atoms with E-state index in [1.54, 1.807) is 19.4 Å². The number of aliphatic hydroxyl groups excluding tert-OH is 1. The van der Waals surface area contributed by atoms with E-state index in [4.69, 9.17) is 9.47 Å². The molecule has 1 atom stereocenters. The normalized spacial score (nSPS) is 17.1. The molecule has 0 saturated heterocycles. The first-order valence-corrected chi connectivity index (χ1v) is 5.72. The van der Waals surface area contributed by atoms with Gasteiger partial charge in [0.15, 0.2) is 0 Å². The Hall–Kier alpha value is -2.07. The minimum atomic E-state index is -0.735. The van der Waals surface area contributed by atoms with Gasteiger partial charge in [-0.15, -0.1) is 0 Å². The topological polar surface area (TPSA) is 51.6 Å². The second-order valence-corrected chi connectivity index (χ2v) is 4.13. The molecule has 1 aromatic carbocycles. The number of nitrogens with zero attached hydrogens (tertiary/aromatic N) is 1. The van der Waals surface area contributed by atoms with Gasteiger partial charge in [0, 0.05) is 17.3 Å². The van der Waals surface area contributed by atoms with Crippen molar-refractivity contribution in [3.63, 3.8) is 0 Å². The van der Waals surface area contributed by atoms with E-state index in [1.807, 2.05) is 24.3 Å². The van der Waals surface area contributed by atoms with Crippen molar-refractivity contribution in [1.82, 2.24) is 4.98 Å². The van der Waals surface area contributed by atoms with Crippen molar-refractivity contribution in [1.29, 1.82) is 0 Å². The Morgan fingerprint density at radius 3 is 3.06 bits per heavy atom. The second-order valence-electron chi connectivity index (χ2n) is 4.13. The van der Waals surface area contributed by atoms with Crippen LogP contribution in [0.4, 0.5) is 0 Å². The molecule has 0 radical (unpaired) electrons. The molecule has 0 bridgehead atoms. The number of ether oxygens (including phenoxy) is 2. The van der Waals surface area contributed by atoms with Gasteiger partial charge in [0.25, 0.3) is 0 Å². The smallest absolute Gasteiger partial charge is 0.131 e. The molecule has 1 aliphatic heterocycles. The quantitative estimate of drug-likeness (QED) is 0.833. The number of benzene rings is 1. The zero-order valence-electron chi connectivity index (χ0n) is 9.96. The molecule has 2 aromatic rings. The molecule has 18 heavy (non-hydrogen) atoms. The number of pyridine rings is 1. The fraction of sp³-hybridized carbons (Fsp3) is 0.214. The molecular formula is C14H13NO3. The highest BCUT2D eigenvalue weighted by molar-refractivity contribution is 5.47. The molecule has 1 aliphatic rings. The SMILES string of the molecule is COc1ccc2c(c1)C(O)c1cccnc1CO2. The van der Waals surface area contributed by atoms with E-state index < -0.39 is 6.10 Å². The first-order valence-electron chi connectivity index (χ1n) is 5.72. The Bertz CT molecular complexity index is 583. The van der Waals surface area contributed by atoms with Gasteiger partial charge in [-0.25, -0.2) is 0 Å². The molecule has 0 spiro atoms. The Morgan fingerprint density at radius 1 is 1.33 bits per heavy atom. The van der Waals surface area contributed by atoms with Crippen LogP contribution in [0.2, 0.25) is 0 Å². The molecule has 3 rings (SSSR count). The Morgan fingerprint density at radius 2 is 2.22 bits per heavy atom. The predicted molar refractivity (Wildman–Crippen MR) is 65.6 cm³/mol. The summed E-state index contributed by atoms with van der Waals surface area (Å²) in [5.41, 5.74) is 2.26. The second kappa shape index (κ2) is 4.31. The lowest BCUT2D eigenvalue weighted by molar-refractivity contribution is 0.217. The summed E-state index contributed by atoms with van der Waals surface area (Å²) in [6.45, 7) is 0.368. The highest BCUT2D eigenvalue weighted by atomic mass is 16.5. The summed E-state index contributed by atoms with van der Waals surface area (Å²) in [6, 6.07) is 9.10. The minimum absolute atomic E-state index is 0.368. The van der Waals surface area contributed by atoms with E-state index in [0.29, 0.717) is 23.7 Å². The van der Waals surface area contributed by atoms with Gasteiger partial charge in [-0.3, -0.25) is 4.98 Å². The lowest BCUT2D eigenvalue weighted by Crippen LogP contribution is -2.02. The van der Waals surface area contributed by atoms with Crippen molar-refractivity contribution < 1.29 is 14.6 Å². The maximum absolute atomic E-state index is 10.4. The average Bonchev–Trinajstić information content (AvgIpc) is 2.57. The molecule has 92 valence electrons. The summed E-state index contributed by atoms with van der Waals surface area (Å²) in [6.07, 6.45) is 0.965. The number of rotatable bonds is 1. The summed E-state index contributed by atoms with van der Waals surface area (Å²) in [5.74, 6) is 1.37. The molecule has 2 heterocycles. The standard InChI is InChI=1S/C14H13NO3/c1-17-9-4-5-13-11(7-9)14(16)10-3-2-6-15-12(10)8-18-13/h2-7,14,16H,8H2,1H3. The lowest BCUT2D eigenvalue weighted by Gasteiger charge is -2.13. The number of fused-ring (bicyclic) bond motifs is 2. The number of aromatic nitrogens is 1. The Balaban J connectivity index is 2.14. The van der Waals surface area contributed by atoms with Crippen molar-refractivity contribution in [2.45, 2.75) is 12.7 Å². The highest BCUT2D eigenvalue weighted by Gasteiger charge is 2.23. The van der Waals surface area contributed by atoms with Crippen LogP contribution in [0.5, 0.6) is 11.5 Å². The number of hydrogen-bond donors (Lipinski definition) is 1. The van der Waals surface area contributed by atoms with Gasteiger partial charge in [-0.2, -0.15) is 0 Å². The lowest BCUT2D eigenvalue weighted by atomic mass is 10.0. The van der Waals surface area contributed by atoms with Gasteiger partial charge in [-0.1, -0.05) is 6.07 Å². The number of aliphatic hydroxyl groups is 1. The zero-order chi connectivity index (χ0) is 12.5. The third kappa shape index (κ3) is 1.71. The molecule has 1 aromatic heterocycles. The fourth-order valence-electron chi connectivity index (χ4n) is 2.13. The molecule has 1 N–H and O–H groups in total. The first kappa shape index (κ1) is 11.0. The van der Waals surface area contributed by atoms with Crippen molar-refractivity contribution >= 4 is 0 Å². The van der Waals surface area contributed by atoms with Crippen LogP contribution in [-0.4, -0.2) is 17.2 Å². The third-order valence-corrected chi connectivity index (χ3v) is 3.10. The number of hydrogen-bond acceptors (Lipinski definition) is 4. The molecule has 4 heteroatoms. The van der Waals surface area contributed by atoms with Gasteiger partial charge < -0.3 is 14.6 Å². The van der Waals surface area contributed by atoms with Crippen LogP contribution in [0.25, 0.3) is 0 Å². The van der Waals surface area contributed by atoms with E-state index in [2.05, 4.69) is 4.98 Å². The maximum atomic E-state index is 10.4. The molecular weight excluding hydrogens is 230 g/mol. The van der Waals surface area contributed by atoms with Gasteiger partial charge in [0.1, 0.15) is 24.2 Å². The van der Waals surface area contributed by atoms with Gasteiger partial charge >= 0.3 is 0 Å². The Labute approximate surface area is 105 Å². The molecule has 0 aliphatic carbocycles. The summed E-state index contributed by atoms with van der Waals surface area (Å²) in [4.78, 5) is 4.24. The molecule has 4 nitrogen and oxygen atoms in total. The zero-order valence-corrected chi connectivity index (χ0v) is 9.96. The molecule has 0 amide bonds. The molecule has 0 fully saturated rings. The number of methoxy groups -OCH3 is 1. The van der Waals surface area contributed by atoms with Crippen molar-refractivity contribution in [2.24, 2.45) is 0 Å². The largest absolute Gasteiger partial charge is 0.497 e. The van der Waals surface area contributed by atoms with Crippen LogP contribution in [0.1, 0.15) is 22.9 Å². The summed E-state index contributed by atoms with van der Waals surface area (Å²) in [5, 5.41) is 10.4.